The van der Waals surface area contributed by atoms with Crippen molar-refractivity contribution < 1.29 is 9.59 Å². The maximum atomic E-state index is 13.4. The summed E-state index contributed by atoms with van der Waals surface area (Å²) in [5.41, 5.74) is 2.89. The predicted molar refractivity (Wildman–Crippen MR) is 110 cm³/mol. The third-order valence-corrected chi connectivity index (χ3v) is 5.57. The standard InChI is InChI=1S/C24H26N2O2/c1-17-13-18(2)15-25(14-17)22-21(20-11-7-4-8-12-20)23(27)26(24(22)28)16-19-9-5-3-6-10-19/h3-12,17-18H,13-16H2,1-2H3. The highest BCUT2D eigenvalue weighted by Crippen LogP contribution is 2.35. The summed E-state index contributed by atoms with van der Waals surface area (Å²) in [6.07, 6.45) is 1.15. The molecule has 2 unspecified atom stereocenters. The van der Waals surface area contributed by atoms with Gasteiger partial charge in [-0.2, -0.15) is 0 Å². The van der Waals surface area contributed by atoms with Crippen molar-refractivity contribution in [1.82, 2.24) is 9.80 Å². The molecule has 2 heterocycles. The van der Waals surface area contributed by atoms with Crippen LogP contribution in [0, 0.1) is 11.8 Å². The third kappa shape index (κ3) is 3.47. The molecular formula is C24H26N2O2. The summed E-state index contributed by atoms with van der Waals surface area (Å²) in [4.78, 5) is 30.3. The average Bonchev–Trinajstić information content (AvgIpc) is 2.93. The summed E-state index contributed by atoms with van der Waals surface area (Å²) >= 11 is 0. The Labute approximate surface area is 166 Å². The quantitative estimate of drug-likeness (QED) is 0.761. The lowest BCUT2D eigenvalue weighted by Crippen LogP contribution is -2.41. The van der Waals surface area contributed by atoms with Gasteiger partial charge in [0.2, 0.25) is 0 Å². The molecule has 0 spiro atoms. The highest BCUT2D eigenvalue weighted by Gasteiger charge is 2.42. The van der Waals surface area contributed by atoms with Gasteiger partial charge in [0.05, 0.1) is 12.1 Å². The number of carbonyl (C=O) groups is 2. The van der Waals surface area contributed by atoms with Gasteiger partial charge in [0, 0.05) is 13.1 Å². The Balaban J connectivity index is 1.74. The van der Waals surface area contributed by atoms with E-state index < -0.39 is 0 Å². The zero-order valence-electron chi connectivity index (χ0n) is 16.5. The monoisotopic (exact) mass is 374 g/mol. The molecule has 0 aliphatic carbocycles. The Kier molecular flexibility index (Phi) is 5.03. The first-order chi connectivity index (χ1) is 13.5. The van der Waals surface area contributed by atoms with E-state index in [1.54, 1.807) is 0 Å². The van der Waals surface area contributed by atoms with Gasteiger partial charge in [0.25, 0.3) is 11.8 Å². The molecule has 4 rings (SSSR count). The Morgan fingerprint density at radius 1 is 0.821 bits per heavy atom. The van der Waals surface area contributed by atoms with Gasteiger partial charge in [0.15, 0.2) is 0 Å². The molecule has 4 heteroatoms. The molecule has 2 amide bonds. The van der Waals surface area contributed by atoms with Crippen LogP contribution in [0.3, 0.4) is 0 Å². The van der Waals surface area contributed by atoms with Gasteiger partial charge in [-0.15, -0.1) is 0 Å². The second kappa shape index (κ2) is 7.63. The minimum absolute atomic E-state index is 0.172. The number of hydrogen-bond donors (Lipinski definition) is 0. The Morgan fingerprint density at radius 2 is 1.39 bits per heavy atom. The molecular weight excluding hydrogens is 348 g/mol. The second-order valence-electron chi connectivity index (χ2n) is 8.12. The van der Waals surface area contributed by atoms with Crippen molar-refractivity contribution in [2.45, 2.75) is 26.8 Å². The molecule has 2 atom stereocenters. The van der Waals surface area contributed by atoms with Crippen LogP contribution in [0.15, 0.2) is 66.4 Å². The van der Waals surface area contributed by atoms with E-state index in [0.717, 1.165) is 30.6 Å². The summed E-state index contributed by atoms with van der Waals surface area (Å²) in [5.74, 6) is 0.633. The van der Waals surface area contributed by atoms with Gasteiger partial charge in [-0.25, -0.2) is 0 Å². The number of likely N-dealkylation sites (tertiary alicyclic amines) is 1. The van der Waals surface area contributed by atoms with E-state index in [-0.39, 0.29) is 11.8 Å². The fraction of sp³-hybridized carbons (Fsp3) is 0.333. The number of amides is 2. The number of rotatable bonds is 4. The second-order valence-corrected chi connectivity index (χ2v) is 8.12. The molecule has 0 N–H and O–H groups in total. The zero-order chi connectivity index (χ0) is 19.7. The van der Waals surface area contributed by atoms with Crippen molar-refractivity contribution in [3.05, 3.63) is 77.5 Å². The minimum atomic E-state index is -0.194. The fourth-order valence-corrected chi connectivity index (χ4v) is 4.48. The summed E-state index contributed by atoms with van der Waals surface area (Å²) < 4.78 is 0. The number of carbonyl (C=O) groups excluding carboxylic acids is 2. The predicted octanol–water partition coefficient (Wildman–Crippen LogP) is 3.94. The molecule has 4 nitrogen and oxygen atoms in total. The molecule has 2 aromatic carbocycles. The number of benzene rings is 2. The van der Waals surface area contributed by atoms with Gasteiger partial charge >= 0.3 is 0 Å². The largest absolute Gasteiger partial charge is 0.366 e. The van der Waals surface area contributed by atoms with E-state index in [0.29, 0.717) is 29.7 Å². The van der Waals surface area contributed by atoms with E-state index >= 15 is 0 Å². The van der Waals surface area contributed by atoms with Crippen molar-refractivity contribution in [3.8, 4) is 0 Å². The molecule has 0 bridgehead atoms. The van der Waals surface area contributed by atoms with Gasteiger partial charge in [-0.05, 0) is 29.4 Å². The van der Waals surface area contributed by atoms with E-state index in [4.69, 9.17) is 0 Å². The van der Waals surface area contributed by atoms with Crippen LogP contribution in [0.2, 0.25) is 0 Å². The van der Waals surface area contributed by atoms with E-state index in [1.807, 2.05) is 60.7 Å². The van der Waals surface area contributed by atoms with Crippen molar-refractivity contribution >= 4 is 17.4 Å². The topological polar surface area (TPSA) is 40.6 Å². The Hall–Kier alpha value is -2.88. The molecule has 144 valence electrons. The van der Waals surface area contributed by atoms with Crippen LogP contribution < -0.4 is 0 Å². The molecule has 0 saturated carbocycles. The van der Waals surface area contributed by atoms with Crippen LogP contribution in [-0.4, -0.2) is 34.7 Å². The number of imide groups is 1. The zero-order valence-corrected chi connectivity index (χ0v) is 16.5. The smallest absolute Gasteiger partial charge is 0.278 e. The number of piperidine rings is 1. The first kappa shape index (κ1) is 18.5. The first-order valence-corrected chi connectivity index (χ1v) is 9.99. The molecule has 28 heavy (non-hydrogen) atoms. The van der Waals surface area contributed by atoms with Gasteiger partial charge in [0.1, 0.15) is 5.70 Å². The van der Waals surface area contributed by atoms with Crippen LogP contribution in [0.25, 0.3) is 5.57 Å². The molecule has 1 fully saturated rings. The van der Waals surface area contributed by atoms with Crippen molar-refractivity contribution in [2.24, 2.45) is 11.8 Å². The third-order valence-electron chi connectivity index (χ3n) is 5.57. The highest BCUT2D eigenvalue weighted by molar-refractivity contribution is 6.35. The number of nitrogens with zero attached hydrogens (tertiary/aromatic N) is 2. The fourth-order valence-electron chi connectivity index (χ4n) is 4.48. The van der Waals surface area contributed by atoms with Gasteiger partial charge < -0.3 is 4.90 Å². The summed E-state index contributed by atoms with van der Waals surface area (Å²) in [6.45, 7) is 6.36. The molecule has 2 aliphatic rings. The summed E-state index contributed by atoms with van der Waals surface area (Å²) in [6, 6.07) is 19.3. The SMILES string of the molecule is CC1CC(C)CN(C2=C(c3ccccc3)C(=O)N(Cc3ccccc3)C2=O)C1. The molecule has 1 saturated heterocycles. The molecule has 0 radical (unpaired) electrons. The normalized spacial score (nSPS) is 22.9. The maximum Gasteiger partial charge on any atom is 0.278 e. The van der Waals surface area contributed by atoms with E-state index in [9.17, 15) is 9.59 Å². The number of hydrogen-bond acceptors (Lipinski definition) is 3. The van der Waals surface area contributed by atoms with E-state index in [1.165, 1.54) is 4.90 Å². The van der Waals surface area contributed by atoms with Gasteiger partial charge in [-0.1, -0.05) is 74.5 Å². The first-order valence-electron chi connectivity index (χ1n) is 9.99. The van der Waals surface area contributed by atoms with Crippen LogP contribution in [0.5, 0.6) is 0 Å². The maximum absolute atomic E-state index is 13.4. The van der Waals surface area contributed by atoms with Crippen LogP contribution in [0.4, 0.5) is 0 Å². The van der Waals surface area contributed by atoms with Crippen LogP contribution in [0.1, 0.15) is 31.4 Å². The summed E-state index contributed by atoms with van der Waals surface area (Å²) in [7, 11) is 0. The summed E-state index contributed by atoms with van der Waals surface area (Å²) in [5, 5.41) is 0. The van der Waals surface area contributed by atoms with Crippen molar-refractivity contribution in [2.75, 3.05) is 13.1 Å². The molecule has 2 aromatic rings. The average molecular weight is 374 g/mol. The molecule has 0 aromatic heterocycles. The molecule has 2 aliphatic heterocycles. The lowest BCUT2D eigenvalue weighted by atomic mass is 9.91. The van der Waals surface area contributed by atoms with Crippen LogP contribution in [-0.2, 0) is 16.1 Å². The Morgan fingerprint density at radius 3 is 2.00 bits per heavy atom. The van der Waals surface area contributed by atoms with Crippen molar-refractivity contribution in [3.63, 3.8) is 0 Å². The van der Waals surface area contributed by atoms with Crippen molar-refractivity contribution in [1.29, 1.82) is 0 Å². The lowest BCUT2D eigenvalue weighted by molar-refractivity contribution is -0.138. The lowest BCUT2D eigenvalue weighted by Gasteiger charge is -2.37. The Bertz CT molecular complexity index is 895. The van der Waals surface area contributed by atoms with E-state index in [2.05, 4.69) is 18.7 Å². The van der Waals surface area contributed by atoms with Gasteiger partial charge in [-0.3, -0.25) is 14.5 Å². The van der Waals surface area contributed by atoms with Crippen LogP contribution >= 0.6 is 0 Å². The minimum Gasteiger partial charge on any atom is -0.366 e. The highest BCUT2D eigenvalue weighted by atomic mass is 16.2.